The number of carbonyl (C=O) groups is 1. The lowest BCUT2D eigenvalue weighted by molar-refractivity contribution is 0.155. The second-order valence-electron chi connectivity index (χ2n) is 3.87. The summed E-state index contributed by atoms with van der Waals surface area (Å²) in [6, 6.07) is 11.1. The molecule has 2 rings (SSSR count). The minimum absolute atomic E-state index is 0.000423. The molecule has 0 aliphatic heterocycles. The Balaban J connectivity index is 1.80. The minimum Gasteiger partial charge on any atom is -0.444 e. The van der Waals surface area contributed by atoms with E-state index in [0.29, 0.717) is 12.4 Å². The van der Waals surface area contributed by atoms with Crippen LogP contribution >= 0.6 is 0 Å². The van der Waals surface area contributed by atoms with Gasteiger partial charge in [-0.3, -0.25) is 10.00 Å². The molecule has 0 bridgehead atoms. The number of rotatable bonds is 5. The molecule has 6 nitrogen and oxygen atoms in total. The van der Waals surface area contributed by atoms with Crippen molar-refractivity contribution in [2.45, 2.75) is 13.2 Å². The molecule has 6 heteroatoms. The molecule has 1 heterocycles. The highest BCUT2D eigenvalue weighted by atomic mass is 16.5. The first kappa shape index (κ1) is 13.1. The Bertz CT molecular complexity index is 525. The van der Waals surface area contributed by atoms with E-state index in [9.17, 15) is 4.79 Å². The van der Waals surface area contributed by atoms with Crippen LogP contribution < -0.4 is 5.32 Å². The van der Waals surface area contributed by atoms with Gasteiger partial charge in [0.1, 0.15) is 6.61 Å². The van der Waals surface area contributed by atoms with Gasteiger partial charge in [0, 0.05) is 12.3 Å². The fraction of sp³-hybridized carbons (Fsp3) is 0.231. The first-order valence-corrected chi connectivity index (χ1v) is 5.90. The van der Waals surface area contributed by atoms with E-state index in [-0.39, 0.29) is 13.2 Å². The average molecular weight is 261 g/mol. The smallest absolute Gasteiger partial charge is 0.413 e. The summed E-state index contributed by atoms with van der Waals surface area (Å²) >= 11 is 0. The third-order valence-corrected chi connectivity index (χ3v) is 2.41. The summed E-state index contributed by atoms with van der Waals surface area (Å²) in [6.07, 6.45) is 1.11. The van der Waals surface area contributed by atoms with Gasteiger partial charge in [0.15, 0.2) is 5.82 Å². The van der Waals surface area contributed by atoms with Gasteiger partial charge in [0.05, 0.1) is 13.2 Å². The van der Waals surface area contributed by atoms with Gasteiger partial charge in [-0.2, -0.15) is 5.10 Å². The molecule has 1 amide bonds. The number of nitrogens with one attached hydrogen (secondary N) is 1. The summed E-state index contributed by atoms with van der Waals surface area (Å²) in [5.41, 5.74) is 0.920. The fourth-order valence-corrected chi connectivity index (χ4v) is 1.52. The number of aromatic nitrogens is 2. The van der Waals surface area contributed by atoms with E-state index in [1.807, 2.05) is 30.3 Å². The topological polar surface area (TPSA) is 76.4 Å². The molecule has 0 saturated carbocycles. The van der Waals surface area contributed by atoms with Crippen molar-refractivity contribution in [1.82, 2.24) is 9.78 Å². The molecule has 2 N–H and O–H groups in total. The van der Waals surface area contributed by atoms with Gasteiger partial charge in [0.2, 0.25) is 0 Å². The van der Waals surface area contributed by atoms with Gasteiger partial charge in [0.25, 0.3) is 0 Å². The summed E-state index contributed by atoms with van der Waals surface area (Å²) in [7, 11) is 0. The third kappa shape index (κ3) is 4.11. The SMILES string of the molecule is O=C(Nc1ccn(CCO)n1)OCc1ccccc1. The minimum atomic E-state index is -0.557. The number of carbonyl (C=O) groups excluding carboxylic acids is 1. The molecule has 0 aliphatic carbocycles. The standard InChI is InChI=1S/C13H15N3O3/c17-9-8-16-7-6-12(15-16)14-13(18)19-10-11-4-2-1-3-5-11/h1-7,17H,8-10H2,(H,14,15,18). The quantitative estimate of drug-likeness (QED) is 0.857. The lowest BCUT2D eigenvalue weighted by Gasteiger charge is -2.04. The molecule has 100 valence electrons. The second kappa shape index (κ2) is 6.55. The lowest BCUT2D eigenvalue weighted by Crippen LogP contribution is -2.14. The molecular formula is C13H15N3O3. The summed E-state index contributed by atoms with van der Waals surface area (Å²) in [4.78, 5) is 11.5. The highest BCUT2D eigenvalue weighted by molar-refractivity contribution is 5.83. The summed E-state index contributed by atoms with van der Waals surface area (Å²) in [5.74, 6) is 0.395. The predicted octanol–water partition coefficient (Wildman–Crippen LogP) is 1.62. The van der Waals surface area contributed by atoms with Gasteiger partial charge in [-0.05, 0) is 5.56 Å². The Morgan fingerprint density at radius 3 is 2.84 bits per heavy atom. The highest BCUT2D eigenvalue weighted by Crippen LogP contribution is 2.05. The Morgan fingerprint density at radius 1 is 1.32 bits per heavy atom. The van der Waals surface area contributed by atoms with Crippen LogP contribution in [-0.2, 0) is 17.9 Å². The van der Waals surface area contributed by atoms with Gasteiger partial charge in [-0.1, -0.05) is 30.3 Å². The zero-order chi connectivity index (χ0) is 13.5. The molecular weight excluding hydrogens is 246 g/mol. The van der Waals surface area contributed by atoms with E-state index in [2.05, 4.69) is 10.4 Å². The van der Waals surface area contributed by atoms with Crippen LogP contribution in [0.2, 0.25) is 0 Å². The number of hydrogen-bond donors (Lipinski definition) is 2. The summed E-state index contributed by atoms with van der Waals surface area (Å²) in [5, 5.41) is 15.3. The fourth-order valence-electron chi connectivity index (χ4n) is 1.52. The maximum Gasteiger partial charge on any atom is 0.413 e. The molecule has 0 fully saturated rings. The normalized spacial score (nSPS) is 10.2. The number of aliphatic hydroxyl groups is 1. The molecule has 0 spiro atoms. The molecule has 0 saturated heterocycles. The van der Waals surface area contributed by atoms with Crippen LogP contribution in [0.15, 0.2) is 42.6 Å². The van der Waals surface area contributed by atoms with E-state index in [1.165, 1.54) is 4.68 Å². The van der Waals surface area contributed by atoms with Crippen LogP contribution in [0.4, 0.5) is 10.6 Å². The van der Waals surface area contributed by atoms with E-state index in [4.69, 9.17) is 9.84 Å². The number of amides is 1. The molecule has 0 radical (unpaired) electrons. The maximum atomic E-state index is 11.5. The molecule has 1 aromatic carbocycles. The Morgan fingerprint density at radius 2 is 2.11 bits per heavy atom. The highest BCUT2D eigenvalue weighted by Gasteiger charge is 2.06. The molecule has 1 aromatic heterocycles. The first-order chi connectivity index (χ1) is 9.28. The maximum absolute atomic E-state index is 11.5. The zero-order valence-corrected chi connectivity index (χ0v) is 10.3. The van der Waals surface area contributed by atoms with Crippen molar-refractivity contribution in [3.8, 4) is 0 Å². The van der Waals surface area contributed by atoms with Crippen LogP contribution in [0.25, 0.3) is 0 Å². The molecule has 0 aliphatic rings. The van der Waals surface area contributed by atoms with Crippen molar-refractivity contribution in [3.05, 3.63) is 48.2 Å². The van der Waals surface area contributed by atoms with Crippen LogP contribution in [0.5, 0.6) is 0 Å². The number of hydrogen-bond acceptors (Lipinski definition) is 4. The van der Waals surface area contributed by atoms with Gasteiger partial charge in [-0.15, -0.1) is 0 Å². The second-order valence-corrected chi connectivity index (χ2v) is 3.87. The summed E-state index contributed by atoms with van der Waals surface area (Å²) in [6.45, 7) is 0.602. The number of nitrogens with zero attached hydrogens (tertiary/aromatic N) is 2. The zero-order valence-electron chi connectivity index (χ0n) is 10.3. The first-order valence-electron chi connectivity index (χ1n) is 5.90. The predicted molar refractivity (Wildman–Crippen MR) is 69.6 cm³/mol. The molecule has 2 aromatic rings. The van der Waals surface area contributed by atoms with E-state index >= 15 is 0 Å². The third-order valence-electron chi connectivity index (χ3n) is 2.41. The van der Waals surface area contributed by atoms with Crippen LogP contribution in [-0.4, -0.2) is 27.6 Å². The van der Waals surface area contributed by atoms with Gasteiger partial charge >= 0.3 is 6.09 Å². The number of aliphatic hydroxyl groups excluding tert-OH is 1. The summed E-state index contributed by atoms with van der Waals surface area (Å²) < 4.78 is 6.59. The number of anilines is 1. The average Bonchev–Trinajstić information content (AvgIpc) is 2.85. The Kier molecular flexibility index (Phi) is 4.52. The van der Waals surface area contributed by atoms with Gasteiger partial charge in [-0.25, -0.2) is 4.79 Å². The Hall–Kier alpha value is -2.34. The van der Waals surface area contributed by atoms with E-state index in [1.54, 1.807) is 12.3 Å². The lowest BCUT2D eigenvalue weighted by atomic mass is 10.2. The molecule has 0 unspecified atom stereocenters. The van der Waals surface area contributed by atoms with Crippen molar-refractivity contribution in [3.63, 3.8) is 0 Å². The number of benzene rings is 1. The van der Waals surface area contributed by atoms with E-state index in [0.717, 1.165) is 5.56 Å². The van der Waals surface area contributed by atoms with Crippen LogP contribution in [0.1, 0.15) is 5.56 Å². The Labute approximate surface area is 110 Å². The number of ether oxygens (including phenoxy) is 1. The van der Waals surface area contributed by atoms with E-state index < -0.39 is 6.09 Å². The van der Waals surface area contributed by atoms with Crippen LogP contribution in [0, 0.1) is 0 Å². The van der Waals surface area contributed by atoms with Gasteiger partial charge < -0.3 is 9.84 Å². The largest absolute Gasteiger partial charge is 0.444 e. The monoisotopic (exact) mass is 261 g/mol. The molecule has 0 atom stereocenters. The molecule has 19 heavy (non-hydrogen) atoms. The van der Waals surface area contributed by atoms with Crippen molar-refractivity contribution >= 4 is 11.9 Å². The van der Waals surface area contributed by atoms with Crippen molar-refractivity contribution in [2.75, 3.05) is 11.9 Å². The van der Waals surface area contributed by atoms with Crippen molar-refractivity contribution in [2.24, 2.45) is 0 Å². The van der Waals surface area contributed by atoms with Crippen molar-refractivity contribution < 1.29 is 14.6 Å². The van der Waals surface area contributed by atoms with Crippen LogP contribution in [0.3, 0.4) is 0 Å². The van der Waals surface area contributed by atoms with Crippen molar-refractivity contribution in [1.29, 1.82) is 0 Å².